The fourth-order valence-electron chi connectivity index (χ4n) is 1.97. The number of hydrogen-bond acceptors (Lipinski definition) is 2. The van der Waals surface area contributed by atoms with Crippen LogP contribution in [0, 0.1) is 11.8 Å². The molecule has 0 amide bonds. The van der Waals surface area contributed by atoms with Crippen molar-refractivity contribution in [2.24, 2.45) is 11.8 Å². The second-order valence-corrected chi connectivity index (χ2v) is 4.90. The molecule has 15 heavy (non-hydrogen) atoms. The van der Waals surface area contributed by atoms with Crippen LogP contribution in [0.2, 0.25) is 0 Å². The summed E-state index contributed by atoms with van der Waals surface area (Å²) in [5.41, 5.74) is 0. The molecule has 2 rings (SSSR count). The van der Waals surface area contributed by atoms with Crippen molar-refractivity contribution in [2.45, 2.75) is 39.3 Å². The molecule has 1 aliphatic carbocycles. The molecule has 2 unspecified atom stereocenters. The highest BCUT2D eigenvalue weighted by atomic mass is 15.0. The summed E-state index contributed by atoms with van der Waals surface area (Å²) >= 11 is 0. The van der Waals surface area contributed by atoms with Crippen LogP contribution in [0.5, 0.6) is 0 Å². The van der Waals surface area contributed by atoms with Gasteiger partial charge >= 0.3 is 0 Å². The molecule has 1 saturated carbocycles. The molecule has 1 aromatic heterocycles. The first-order valence-corrected chi connectivity index (χ1v) is 5.95. The highest BCUT2D eigenvalue weighted by molar-refractivity contribution is 4.83. The van der Waals surface area contributed by atoms with Gasteiger partial charge in [-0.1, -0.05) is 6.92 Å². The van der Waals surface area contributed by atoms with Gasteiger partial charge in [0.25, 0.3) is 0 Å². The Balaban J connectivity index is 1.65. The van der Waals surface area contributed by atoms with Gasteiger partial charge in [0, 0.05) is 25.0 Å². The van der Waals surface area contributed by atoms with Gasteiger partial charge in [0.1, 0.15) is 0 Å². The Hall–Kier alpha value is -0.830. The number of imidazole rings is 1. The van der Waals surface area contributed by atoms with Crippen LogP contribution in [0.1, 0.15) is 26.7 Å². The summed E-state index contributed by atoms with van der Waals surface area (Å²) in [6.07, 6.45) is 8.60. The van der Waals surface area contributed by atoms with E-state index in [0.29, 0.717) is 12.0 Å². The molecule has 0 aromatic carbocycles. The zero-order valence-corrected chi connectivity index (χ0v) is 9.69. The Bertz CT molecular complexity index is 277. The van der Waals surface area contributed by atoms with Crippen LogP contribution in [0.15, 0.2) is 18.7 Å². The Morgan fingerprint density at radius 3 is 2.87 bits per heavy atom. The Morgan fingerprint density at radius 2 is 2.27 bits per heavy atom. The molecule has 1 aromatic rings. The molecule has 1 fully saturated rings. The fourth-order valence-corrected chi connectivity index (χ4v) is 1.97. The fraction of sp³-hybridized carbons (Fsp3) is 0.750. The minimum absolute atomic E-state index is 0.667. The van der Waals surface area contributed by atoms with E-state index < -0.39 is 0 Å². The van der Waals surface area contributed by atoms with Crippen LogP contribution in [0.3, 0.4) is 0 Å². The maximum Gasteiger partial charge on any atom is 0.0946 e. The summed E-state index contributed by atoms with van der Waals surface area (Å²) in [5.74, 6) is 1.62. The van der Waals surface area contributed by atoms with Gasteiger partial charge in [-0.25, -0.2) is 4.98 Å². The molecular weight excluding hydrogens is 186 g/mol. The van der Waals surface area contributed by atoms with Gasteiger partial charge in [-0.15, -0.1) is 0 Å². The molecule has 3 heteroatoms. The van der Waals surface area contributed by atoms with Gasteiger partial charge in [-0.3, -0.25) is 0 Å². The van der Waals surface area contributed by atoms with Gasteiger partial charge in [0.15, 0.2) is 0 Å². The first kappa shape index (κ1) is 10.7. The number of hydrogen-bond donors (Lipinski definition) is 1. The third-order valence-corrected chi connectivity index (χ3v) is 3.20. The molecule has 84 valence electrons. The second kappa shape index (κ2) is 4.79. The first-order valence-electron chi connectivity index (χ1n) is 5.95. The Labute approximate surface area is 91.9 Å². The number of rotatable bonds is 6. The summed E-state index contributed by atoms with van der Waals surface area (Å²) in [4.78, 5) is 4.05. The standard InChI is InChI=1S/C12H21N3/c1-10(8-15-6-5-13-9-15)7-14-11(2)12-3-4-12/h5-6,9-12,14H,3-4,7-8H2,1-2H3. The van der Waals surface area contributed by atoms with Gasteiger partial charge in [-0.05, 0) is 38.1 Å². The summed E-state index contributed by atoms with van der Waals surface area (Å²) in [6, 6.07) is 0.704. The summed E-state index contributed by atoms with van der Waals surface area (Å²) in [7, 11) is 0. The van der Waals surface area contributed by atoms with Crippen LogP contribution in [-0.4, -0.2) is 22.1 Å². The van der Waals surface area contributed by atoms with Crippen molar-refractivity contribution in [3.05, 3.63) is 18.7 Å². The molecule has 0 aliphatic heterocycles. The lowest BCUT2D eigenvalue weighted by atomic mass is 10.1. The maximum atomic E-state index is 4.05. The monoisotopic (exact) mass is 207 g/mol. The largest absolute Gasteiger partial charge is 0.337 e. The third-order valence-electron chi connectivity index (χ3n) is 3.20. The molecule has 1 aliphatic rings. The summed E-state index contributed by atoms with van der Waals surface area (Å²) in [5, 5.41) is 3.62. The van der Waals surface area contributed by atoms with Crippen molar-refractivity contribution in [1.82, 2.24) is 14.9 Å². The average Bonchev–Trinajstić information content (AvgIpc) is 2.95. The van der Waals surface area contributed by atoms with E-state index in [1.165, 1.54) is 12.8 Å². The van der Waals surface area contributed by atoms with E-state index in [4.69, 9.17) is 0 Å². The Morgan fingerprint density at radius 1 is 1.47 bits per heavy atom. The molecule has 0 bridgehead atoms. The van der Waals surface area contributed by atoms with Crippen LogP contribution >= 0.6 is 0 Å². The lowest BCUT2D eigenvalue weighted by molar-refractivity contribution is 0.399. The first-order chi connectivity index (χ1) is 7.25. The van der Waals surface area contributed by atoms with Crippen molar-refractivity contribution in [2.75, 3.05) is 6.54 Å². The van der Waals surface area contributed by atoms with E-state index in [2.05, 4.69) is 28.7 Å². The summed E-state index contributed by atoms with van der Waals surface area (Å²) < 4.78 is 2.15. The number of aromatic nitrogens is 2. The van der Waals surface area contributed by atoms with E-state index in [1.807, 2.05) is 18.7 Å². The molecular formula is C12H21N3. The normalized spacial score (nSPS) is 20.1. The lowest BCUT2D eigenvalue weighted by Gasteiger charge is -2.17. The van der Waals surface area contributed by atoms with Crippen molar-refractivity contribution < 1.29 is 0 Å². The van der Waals surface area contributed by atoms with Gasteiger partial charge in [0.05, 0.1) is 6.33 Å². The van der Waals surface area contributed by atoms with Crippen molar-refractivity contribution >= 4 is 0 Å². The molecule has 0 radical (unpaired) electrons. The highest BCUT2D eigenvalue weighted by Gasteiger charge is 2.27. The highest BCUT2D eigenvalue weighted by Crippen LogP contribution is 2.32. The van der Waals surface area contributed by atoms with Gasteiger partial charge in [-0.2, -0.15) is 0 Å². The second-order valence-electron chi connectivity index (χ2n) is 4.90. The average molecular weight is 207 g/mol. The molecule has 3 nitrogen and oxygen atoms in total. The minimum Gasteiger partial charge on any atom is -0.337 e. The van der Waals surface area contributed by atoms with E-state index in [1.54, 1.807) is 0 Å². The Kier molecular flexibility index (Phi) is 3.41. The quantitative estimate of drug-likeness (QED) is 0.772. The van der Waals surface area contributed by atoms with E-state index in [-0.39, 0.29) is 0 Å². The van der Waals surface area contributed by atoms with E-state index >= 15 is 0 Å². The topological polar surface area (TPSA) is 29.9 Å². The summed E-state index contributed by atoms with van der Waals surface area (Å²) in [6.45, 7) is 6.76. The van der Waals surface area contributed by atoms with Crippen LogP contribution in [0.4, 0.5) is 0 Å². The van der Waals surface area contributed by atoms with Crippen molar-refractivity contribution in [3.63, 3.8) is 0 Å². The van der Waals surface area contributed by atoms with Crippen LogP contribution in [0.25, 0.3) is 0 Å². The minimum atomic E-state index is 0.667. The van der Waals surface area contributed by atoms with Crippen molar-refractivity contribution in [1.29, 1.82) is 0 Å². The lowest BCUT2D eigenvalue weighted by Crippen LogP contribution is -2.33. The van der Waals surface area contributed by atoms with Crippen LogP contribution in [-0.2, 0) is 6.54 Å². The maximum absolute atomic E-state index is 4.05. The molecule has 2 atom stereocenters. The zero-order valence-electron chi connectivity index (χ0n) is 9.69. The molecule has 0 saturated heterocycles. The van der Waals surface area contributed by atoms with E-state index in [0.717, 1.165) is 19.0 Å². The smallest absolute Gasteiger partial charge is 0.0946 e. The van der Waals surface area contributed by atoms with Gasteiger partial charge < -0.3 is 9.88 Å². The van der Waals surface area contributed by atoms with Crippen LogP contribution < -0.4 is 5.32 Å². The predicted molar refractivity (Wildman–Crippen MR) is 61.6 cm³/mol. The number of nitrogens with zero attached hydrogens (tertiary/aromatic N) is 2. The zero-order chi connectivity index (χ0) is 10.7. The SMILES string of the molecule is CC(CNC(C)C1CC1)Cn1ccnc1. The molecule has 1 N–H and O–H groups in total. The van der Waals surface area contributed by atoms with E-state index in [9.17, 15) is 0 Å². The van der Waals surface area contributed by atoms with Crippen molar-refractivity contribution in [3.8, 4) is 0 Å². The molecule has 0 spiro atoms. The third kappa shape index (κ3) is 3.34. The van der Waals surface area contributed by atoms with Gasteiger partial charge in [0.2, 0.25) is 0 Å². The predicted octanol–water partition coefficient (Wildman–Crippen LogP) is 1.91. The molecule has 1 heterocycles. The number of nitrogens with one attached hydrogen (secondary N) is 1.